The number of urea groups is 1. The van der Waals surface area contributed by atoms with Gasteiger partial charge in [-0.3, -0.25) is 4.79 Å². The van der Waals surface area contributed by atoms with Crippen molar-refractivity contribution in [3.63, 3.8) is 0 Å². The summed E-state index contributed by atoms with van der Waals surface area (Å²) in [5.41, 5.74) is -0.718. The highest BCUT2D eigenvalue weighted by atomic mass is 19.4. The first-order chi connectivity index (χ1) is 12.3. The average molecular weight is 363 g/mol. The molecule has 2 aromatic rings. The highest BCUT2D eigenvalue weighted by Crippen LogP contribution is 2.32. The zero-order chi connectivity index (χ0) is 19.2. The molecular formula is C18H16F3N3O2. The fourth-order valence-corrected chi connectivity index (χ4v) is 2.10. The van der Waals surface area contributed by atoms with Gasteiger partial charge >= 0.3 is 12.2 Å². The van der Waals surface area contributed by atoms with Crippen molar-refractivity contribution in [3.05, 3.63) is 72.3 Å². The number of halogens is 3. The molecule has 0 aromatic heterocycles. The van der Waals surface area contributed by atoms with E-state index in [-0.39, 0.29) is 0 Å². The summed E-state index contributed by atoms with van der Waals surface area (Å²) in [6.07, 6.45) is -3.10. The molecule has 0 bridgehead atoms. The van der Waals surface area contributed by atoms with E-state index in [4.69, 9.17) is 0 Å². The van der Waals surface area contributed by atoms with Crippen LogP contribution in [0.25, 0.3) is 0 Å². The van der Waals surface area contributed by atoms with Crippen LogP contribution in [0.1, 0.15) is 15.9 Å². The molecule has 0 unspecified atom stereocenters. The van der Waals surface area contributed by atoms with Crippen LogP contribution in [0.2, 0.25) is 0 Å². The van der Waals surface area contributed by atoms with Gasteiger partial charge in [-0.25, -0.2) is 4.79 Å². The summed E-state index contributed by atoms with van der Waals surface area (Å²) in [6.45, 7) is 3.78. The van der Waals surface area contributed by atoms with Crippen molar-refractivity contribution in [2.75, 3.05) is 17.2 Å². The Bertz CT molecular complexity index is 802. The Morgan fingerprint density at radius 2 is 1.54 bits per heavy atom. The van der Waals surface area contributed by atoms with E-state index < -0.39 is 29.2 Å². The Morgan fingerprint density at radius 3 is 2.12 bits per heavy atom. The van der Waals surface area contributed by atoms with Gasteiger partial charge in [-0.2, -0.15) is 13.2 Å². The lowest BCUT2D eigenvalue weighted by molar-refractivity contribution is -0.137. The topological polar surface area (TPSA) is 70.2 Å². The summed E-state index contributed by atoms with van der Waals surface area (Å²) in [5.74, 6) is -0.873. The number of rotatable bonds is 5. The van der Waals surface area contributed by atoms with Gasteiger partial charge in [0.25, 0.3) is 5.91 Å². The van der Waals surface area contributed by atoms with E-state index in [1.165, 1.54) is 42.5 Å². The standard InChI is InChI=1S/C18H16F3N3O2/c1-2-11-22-17(26)24-13-9-7-12(8-10-13)23-16(25)14-5-3-4-6-15(14)18(19,20)21/h2-10H,1,11H2,(H,23,25)(H2,22,24,26). The molecule has 0 aliphatic rings. The molecule has 2 aromatic carbocycles. The average Bonchev–Trinajstić information content (AvgIpc) is 2.61. The van der Waals surface area contributed by atoms with E-state index in [1.807, 2.05) is 0 Å². The fraction of sp³-hybridized carbons (Fsp3) is 0.111. The van der Waals surface area contributed by atoms with E-state index in [9.17, 15) is 22.8 Å². The van der Waals surface area contributed by atoms with Gasteiger partial charge in [0.15, 0.2) is 0 Å². The summed E-state index contributed by atoms with van der Waals surface area (Å²) >= 11 is 0. The first-order valence-corrected chi connectivity index (χ1v) is 7.54. The Labute approximate surface area is 147 Å². The minimum Gasteiger partial charge on any atom is -0.334 e. The van der Waals surface area contributed by atoms with Crippen molar-refractivity contribution >= 4 is 23.3 Å². The molecule has 2 rings (SSSR count). The maximum absolute atomic E-state index is 13.0. The SMILES string of the molecule is C=CCNC(=O)Nc1ccc(NC(=O)c2ccccc2C(F)(F)F)cc1. The molecule has 0 spiro atoms. The molecule has 0 saturated carbocycles. The van der Waals surface area contributed by atoms with Crippen LogP contribution >= 0.6 is 0 Å². The highest BCUT2D eigenvalue weighted by Gasteiger charge is 2.34. The van der Waals surface area contributed by atoms with Crippen molar-refractivity contribution in [3.8, 4) is 0 Å². The first-order valence-electron chi connectivity index (χ1n) is 7.54. The quantitative estimate of drug-likeness (QED) is 0.695. The van der Waals surface area contributed by atoms with Crippen molar-refractivity contribution < 1.29 is 22.8 Å². The monoisotopic (exact) mass is 363 g/mol. The predicted octanol–water partition coefficient (Wildman–Crippen LogP) is 4.27. The lowest BCUT2D eigenvalue weighted by atomic mass is 10.1. The van der Waals surface area contributed by atoms with Crippen LogP contribution in [-0.4, -0.2) is 18.5 Å². The summed E-state index contributed by atoms with van der Waals surface area (Å²) in [5, 5.41) is 7.49. The van der Waals surface area contributed by atoms with E-state index in [0.29, 0.717) is 17.9 Å². The number of anilines is 2. The second-order valence-corrected chi connectivity index (χ2v) is 5.20. The van der Waals surface area contributed by atoms with Gasteiger partial charge in [-0.05, 0) is 36.4 Å². The van der Waals surface area contributed by atoms with Gasteiger partial charge in [-0.15, -0.1) is 6.58 Å². The van der Waals surface area contributed by atoms with E-state index >= 15 is 0 Å². The number of hydrogen-bond donors (Lipinski definition) is 3. The zero-order valence-corrected chi connectivity index (χ0v) is 13.6. The molecule has 3 amide bonds. The molecular weight excluding hydrogens is 347 g/mol. The van der Waals surface area contributed by atoms with Crippen molar-refractivity contribution in [1.29, 1.82) is 0 Å². The molecule has 136 valence electrons. The smallest absolute Gasteiger partial charge is 0.334 e. The molecule has 5 nitrogen and oxygen atoms in total. The van der Waals surface area contributed by atoms with Gasteiger partial charge in [0.05, 0.1) is 11.1 Å². The highest BCUT2D eigenvalue weighted by molar-refractivity contribution is 6.05. The third-order valence-corrected chi connectivity index (χ3v) is 3.28. The van der Waals surface area contributed by atoms with E-state index in [2.05, 4.69) is 22.5 Å². The molecule has 3 N–H and O–H groups in total. The number of carbonyl (C=O) groups excluding carboxylic acids is 2. The van der Waals surface area contributed by atoms with Gasteiger partial charge < -0.3 is 16.0 Å². The van der Waals surface area contributed by atoms with Gasteiger partial charge in [0.2, 0.25) is 0 Å². The number of carbonyl (C=O) groups is 2. The molecule has 0 heterocycles. The van der Waals surface area contributed by atoms with Crippen LogP contribution < -0.4 is 16.0 Å². The number of amides is 3. The summed E-state index contributed by atoms with van der Waals surface area (Å²) in [6, 6.07) is 10.1. The number of alkyl halides is 3. The largest absolute Gasteiger partial charge is 0.417 e. The summed E-state index contributed by atoms with van der Waals surface area (Å²) in [4.78, 5) is 23.7. The fourth-order valence-electron chi connectivity index (χ4n) is 2.10. The zero-order valence-electron chi connectivity index (χ0n) is 13.6. The normalized spacial score (nSPS) is 10.7. The Hall–Kier alpha value is -3.29. The van der Waals surface area contributed by atoms with Gasteiger partial charge in [0, 0.05) is 17.9 Å². The molecule has 0 fully saturated rings. The molecule has 26 heavy (non-hydrogen) atoms. The van der Waals surface area contributed by atoms with Crippen LogP contribution in [0.5, 0.6) is 0 Å². The van der Waals surface area contributed by atoms with Crippen LogP contribution in [0.4, 0.5) is 29.3 Å². The Morgan fingerprint density at radius 1 is 0.962 bits per heavy atom. The van der Waals surface area contributed by atoms with E-state index in [0.717, 1.165) is 12.1 Å². The second-order valence-electron chi connectivity index (χ2n) is 5.20. The van der Waals surface area contributed by atoms with Crippen molar-refractivity contribution in [2.24, 2.45) is 0 Å². The third-order valence-electron chi connectivity index (χ3n) is 3.28. The van der Waals surface area contributed by atoms with E-state index in [1.54, 1.807) is 0 Å². The molecule has 0 atom stereocenters. The Balaban J connectivity index is 2.07. The second kappa shape index (κ2) is 8.19. The summed E-state index contributed by atoms with van der Waals surface area (Å²) < 4.78 is 38.9. The van der Waals surface area contributed by atoms with Crippen molar-refractivity contribution in [1.82, 2.24) is 5.32 Å². The maximum atomic E-state index is 13.0. The molecule has 0 saturated heterocycles. The number of nitrogens with one attached hydrogen (secondary N) is 3. The van der Waals surface area contributed by atoms with Crippen LogP contribution in [-0.2, 0) is 6.18 Å². The first kappa shape index (κ1) is 19.0. The minimum atomic E-state index is -4.62. The molecule has 0 aliphatic heterocycles. The van der Waals surface area contributed by atoms with Crippen molar-refractivity contribution in [2.45, 2.75) is 6.18 Å². The molecule has 0 aliphatic carbocycles. The van der Waals surface area contributed by atoms with Crippen LogP contribution in [0.3, 0.4) is 0 Å². The number of benzene rings is 2. The minimum absolute atomic E-state index is 0.295. The van der Waals surface area contributed by atoms with Gasteiger partial charge in [-0.1, -0.05) is 18.2 Å². The molecule has 8 heteroatoms. The molecule has 0 radical (unpaired) electrons. The van der Waals surface area contributed by atoms with Crippen LogP contribution in [0, 0.1) is 0 Å². The lowest BCUT2D eigenvalue weighted by Crippen LogP contribution is -2.28. The van der Waals surface area contributed by atoms with Gasteiger partial charge in [0.1, 0.15) is 0 Å². The maximum Gasteiger partial charge on any atom is 0.417 e. The third kappa shape index (κ3) is 5.10. The summed E-state index contributed by atoms with van der Waals surface area (Å²) in [7, 11) is 0. The predicted molar refractivity (Wildman–Crippen MR) is 93.1 cm³/mol. The Kier molecular flexibility index (Phi) is 6.00. The number of hydrogen-bond acceptors (Lipinski definition) is 2. The lowest BCUT2D eigenvalue weighted by Gasteiger charge is -2.13. The van der Waals surface area contributed by atoms with Crippen LogP contribution in [0.15, 0.2) is 61.2 Å².